The van der Waals surface area contributed by atoms with Crippen LogP contribution in [0.2, 0.25) is 0 Å². The maximum Gasteiger partial charge on any atom is 0.188 e. The normalized spacial score (nSPS) is 23.0. The summed E-state index contributed by atoms with van der Waals surface area (Å²) in [5.74, 6) is 14.0. The first-order valence-corrected chi connectivity index (χ1v) is 15.7. The van der Waals surface area contributed by atoms with Gasteiger partial charge in [-0.1, -0.05) is 43.7 Å². The summed E-state index contributed by atoms with van der Waals surface area (Å²) in [5, 5.41) is 36.4. The number of fused-ring (bicyclic) bond motifs is 4. The Bertz CT molecular complexity index is 1590. The molecule has 9 heteroatoms. The summed E-state index contributed by atoms with van der Waals surface area (Å²) in [7, 11) is 1.46. The number of aryl methyl sites for hydroxylation is 1. The molecule has 0 saturated carbocycles. The van der Waals surface area contributed by atoms with E-state index in [9.17, 15) is 20.1 Å². The molecule has 0 radical (unpaired) electrons. The molecule has 1 aliphatic heterocycles. The second-order valence-corrected chi connectivity index (χ2v) is 12.7. The van der Waals surface area contributed by atoms with E-state index >= 15 is 0 Å². The summed E-state index contributed by atoms with van der Waals surface area (Å²) < 4.78 is 11.7. The van der Waals surface area contributed by atoms with Gasteiger partial charge < -0.3 is 35.8 Å². The second-order valence-electron chi connectivity index (χ2n) is 12.7. The molecule has 45 heavy (non-hydrogen) atoms. The van der Waals surface area contributed by atoms with Gasteiger partial charge in [0.2, 0.25) is 0 Å². The number of phenols is 2. The quantitative estimate of drug-likeness (QED) is 0.196. The van der Waals surface area contributed by atoms with Gasteiger partial charge in [0, 0.05) is 55.8 Å². The molecule has 2 aromatic carbocycles. The highest BCUT2D eigenvalue weighted by molar-refractivity contribution is 5.79. The summed E-state index contributed by atoms with van der Waals surface area (Å²) in [4.78, 5) is 17.6. The van der Waals surface area contributed by atoms with Gasteiger partial charge in [-0.15, -0.1) is 5.92 Å². The van der Waals surface area contributed by atoms with Crippen molar-refractivity contribution >= 4 is 11.7 Å². The number of methoxy groups -OCH3 is 1. The summed E-state index contributed by atoms with van der Waals surface area (Å²) in [6, 6.07) is 5.20. The lowest BCUT2D eigenvalue weighted by atomic mass is 9.78. The molecule has 5 bridgehead atoms. The number of hydrogen-bond donors (Lipinski definition) is 5. The standard InChI is InChI=1S/C36H43N3O6/c1-21(2)18-38-36(37)39-19-25-8-4-6-23-14-26-15-24(33(43)35-30(26)16-27(25)20-45-35)7-5-9-29-22(10-12-28(40)17-32(23)42)11-13-31(41)34(29)44-3/h11,13,15,21,23,25,27,32,41-43H,7-8,10,12,14,16-20H2,1-3H3,(H3,37,38,39)/t23-,25+,27+,32-/m0/s1. The third-order valence-corrected chi connectivity index (χ3v) is 8.86. The number of hydrogen-bond acceptors (Lipinski definition) is 7. The van der Waals surface area contributed by atoms with Gasteiger partial charge in [-0.05, 0) is 48.3 Å². The van der Waals surface area contributed by atoms with Crippen LogP contribution in [-0.4, -0.2) is 60.0 Å². The number of nitrogens with one attached hydrogen (secondary N) is 1. The second kappa shape index (κ2) is 14.2. The van der Waals surface area contributed by atoms with Crippen molar-refractivity contribution in [1.29, 1.82) is 0 Å². The molecule has 0 amide bonds. The minimum Gasteiger partial charge on any atom is -0.504 e. The van der Waals surface area contributed by atoms with E-state index in [1.54, 1.807) is 6.07 Å². The van der Waals surface area contributed by atoms with Crippen LogP contribution in [-0.2, 0) is 30.5 Å². The SMILES string of the molecule is COc1c(O)ccc2c1C#CCc1cc3c4c(c1O)OC[C@@H](C4)[C@@H](CNC(N)=NCC(C)C)CC#C[C@@H](C3)[C@@H](O)CC(=O)CC2. The molecule has 0 fully saturated rings. The lowest BCUT2D eigenvalue weighted by molar-refractivity contribution is -0.121. The molecule has 3 aliphatic rings. The first-order valence-electron chi connectivity index (χ1n) is 15.7. The average molecular weight is 614 g/mol. The number of aliphatic hydroxyl groups excluding tert-OH is 1. The Balaban J connectivity index is 1.54. The number of benzene rings is 2. The summed E-state index contributed by atoms with van der Waals surface area (Å²) in [6.07, 6.45) is 1.45. The summed E-state index contributed by atoms with van der Waals surface area (Å²) in [6.45, 7) is 5.79. The number of rotatable bonds is 5. The van der Waals surface area contributed by atoms with Crippen LogP contribution in [0.1, 0.15) is 60.9 Å². The van der Waals surface area contributed by atoms with Gasteiger partial charge in [0.05, 0.1) is 31.3 Å². The minimum atomic E-state index is -0.969. The Hall–Kier alpha value is -4.34. The number of nitrogens with zero attached hydrogens (tertiary/aromatic N) is 1. The predicted molar refractivity (Wildman–Crippen MR) is 172 cm³/mol. The Morgan fingerprint density at radius 1 is 1.16 bits per heavy atom. The van der Waals surface area contributed by atoms with E-state index in [0.29, 0.717) is 74.1 Å². The number of aliphatic imine (C=N–C) groups is 1. The zero-order valence-corrected chi connectivity index (χ0v) is 26.3. The number of ether oxygens (including phenoxy) is 2. The number of nitrogens with two attached hydrogens (primary N) is 1. The maximum atomic E-state index is 13.1. The Morgan fingerprint density at radius 3 is 2.76 bits per heavy atom. The predicted octanol–water partition coefficient (Wildman–Crippen LogP) is 3.26. The zero-order valence-electron chi connectivity index (χ0n) is 26.3. The van der Waals surface area contributed by atoms with E-state index in [1.807, 2.05) is 6.07 Å². The van der Waals surface area contributed by atoms with Crippen LogP contribution in [0.15, 0.2) is 23.2 Å². The number of carbonyl (C=O) groups excluding carboxylic acids is 1. The third-order valence-electron chi connectivity index (χ3n) is 8.86. The molecule has 4 atom stereocenters. The van der Waals surface area contributed by atoms with Crippen LogP contribution in [0.25, 0.3) is 0 Å². The molecular formula is C36H43N3O6. The van der Waals surface area contributed by atoms with Crippen LogP contribution in [0, 0.1) is 47.4 Å². The van der Waals surface area contributed by atoms with Crippen LogP contribution >= 0.6 is 0 Å². The van der Waals surface area contributed by atoms with Crippen LogP contribution in [0.3, 0.4) is 0 Å². The van der Waals surface area contributed by atoms with Crippen LogP contribution < -0.4 is 20.5 Å². The van der Waals surface area contributed by atoms with Gasteiger partial charge >= 0.3 is 0 Å². The van der Waals surface area contributed by atoms with Gasteiger partial charge in [0.15, 0.2) is 29.0 Å². The smallest absolute Gasteiger partial charge is 0.188 e. The molecule has 2 aromatic rings. The molecule has 0 saturated heterocycles. The van der Waals surface area contributed by atoms with E-state index in [-0.39, 0.29) is 54.1 Å². The number of aromatic hydroxyl groups is 2. The van der Waals surface area contributed by atoms with E-state index in [2.05, 4.69) is 47.8 Å². The topological polar surface area (TPSA) is 147 Å². The highest BCUT2D eigenvalue weighted by Gasteiger charge is 2.33. The number of guanidine groups is 1. The molecule has 238 valence electrons. The van der Waals surface area contributed by atoms with Crippen molar-refractivity contribution in [2.24, 2.45) is 34.4 Å². The van der Waals surface area contributed by atoms with Crippen LogP contribution in [0.4, 0.5) is 0 Å². The summed E-state index contributed by atoms with van der Waals surface area (Å²) in [5.41, 5.74) is 9.84. The van der Waals surface area contributed by atoms with E-state index in [4.69, 9.17) is 15.2 Å². The number of ketones is 1. The van der Waals surface area contributed by atoms with Crippen LogP contribution in [0.5, 0.6) is 23.0 Å². The molecule has 0 aromatic heterocycles. The van der Waals surface area contributed by atoms with E-state index in [1.165, 1.54) is 13.2 Å². The Morgan fingerprint density at radius 2 is 1.98 bits per heavy atom. The number of Topliss-reactive ketones (excluding diaryl/α,β-unsaturated/α-hetero) is 1. The van der Waals surface area contributed by atoms with Crippen molar-refractivity contribution in [3.05, 3.63) is 46.0 Å². The van der Waals surface area contributed by atoms with E-state index in [0.717, 1.165) is 16.7 Å². The van der Waals surface area contributed by atoms with Crippen molar-refractivity contribution < 1.29 is 29.6 Å². The fourth-order valence-corrected chi connectivity index (χ4v) is 6.27. The lowest BCUT2D eigenvalue weighted by Gasteiger charge is -2.34. The highest BCUT2D eigenvalue weighted by Crippen LogP contribution is 2.44. The molecule has 5 rings (SSSR count). The number of aliphatic hydroxyl groups is 1. The molecule has 9 nitrogen and oxygen atoms in total. The highest BCUT2D eigenvalue weighted by atomic mass is 16.5. The average Bonchev–Trinajstić information content (AvgIpc) is 3.01. The van der Waals surface area contributed by atoms with Crippen molar-refractivity contribution in [3.63, 3.8) is 0 Å². The summed E-state index contributed by atoms with van der Waals surface area (Å²) >= 11 is 0. The van der Waals surface area contributed by atoms with E-state index < -0.39 is 12.0 Å². The van der Waals surface area contributed by atoms with Gasteiger partial charge in [-0.25, -0.2) is 0 Å². The largest absolute Gasteiger partial charge is 0.504 e. The third kappa shape index (κ3) is 7.49. The number of phenolic OH excluding ortho intramolecular Hbond substituents is 2. The van der Waals surface area contributed by atoms with Gasteiger partial charge in [0.25, 0.3) is 0 Å². The molecule has 1 heterocycles. The first kappa shape index (κ1) is 32.1. The van der Waals surface area contributed by atoms with Gasteiger partial charge in [-0.3, -0.25) is 9.79 Å². The minimum absolute atomic E-state index is 0.0321. The van der Waals surface area contributed by atoms with Crippen molar-refractivity contribution in [2.45, 2.75) is 64.9 Å². The molecule has 2 aliphatic carbocycles. The Labute approximate surface area is 265 Å². The fraction of sp³-hybridized carbons (Fsp3) is 0.500. The molecule has 0 unspecified atom stereocenters. The lowest BCUT2D eigenvalue weighted by Crippen LogP contribution is -2.40. The molecule has 0 spiro atoms. The first-order chi connectivity index (χ1) is 21.6. The molecule has 6 N–H and O–H groups in total. The number of carbonyl (C=O) groups is 1. The zero-order chi connectivity index (χ0) is 32.1. The fourth-order valence-electron chi connectivity index (χ4n) is 6.27. The van der Waals surface area contributed by atoms with Crippen molar-refractivity contribution in [3.8, 4) is 46.7 Å². The van der Waals surface area contributed by atoms with Crippen molar-refractivity contribution in [2.75, 3.05) is 26.8 Å². The van der Waals surface area contributed by atoms with Crippen molar-refractivity contribution in [1.82, 2.24) is 5.32 Å². The van der Waals surface area contributed by atoms with Gasteiger partial charge in [-0.2, -0.15) is 0 Å². The maximum absolute atomic E-state index is 13.1. The Kier molecular flexibility index (Phi) is 10.1. The molecular weight excluding hydrogens is 570 g/mol. The van der Waals surface area contributed by atoms with Gasteiger partial charge in [0.1, 0.15) is 5.78 Å². The monoisotopic (exact) mass is 613 g/mol.